The van der Waals surface area contributed by atoms with E-state index in [2.05, 4.69) is 5.32 Å². The SMILES string of the molecule is C[C@@H]1CCCCN1CC(=O)Nc1ccccc1C(F)(F)F. The summed E-state index contributed by atoms with van der Waals surface area (Å²) < 4.78 is 38.6. The number of hydrogen-bond donors (Lipinski definition) is 1. The quantitative estimate of drug-likeness (QED) is 0.926. The number of rotatable bonds is 3. The third kappa shape index (κ3) is 4.20. The second kappa shape index (κ2) is 6.47. The Kier molecular flexibility index (Phi) is 4.88. The zero-order valence-corrected chi connectivity index (χ0v) is 11.9. The fourth-order valence-corrected chi connectivity index (χ4v) is 2.61. The van der Waals surface area contributed by atoms with Crippen molar-refractivity contribution >= 4 is 11.6 Å². The molecule has 1 aromatic rings. The lowest BCUT2D eigenvalue weighted by Crippen LogP contribution is -2.42. The second-order valence-corrected chi connectivity index (χ2v) is 5.41. The van der Waals surface area contributed by atoms with Gasteiger partial charge in [0, 0.05) is 6.04 Å². The summed E-state index contributed by atoms with van der Waals surface area (Å²) in [6.07, 6.45) is -1.29. The Morgan fingerprint density at radius 1 is 1.33 bits per heavy atom. The van der Waals surface area contributed by atoms with E-state index in [9.17, 15) is 18.0 Å². The minimum atomic E-state index is -4.47. The third-order valence-electron chi connectivity index (χ3n) is 3.79. The predicted molar refractivity (Wildman–Crippen MR) is 75.0 cm³/mol. The van der Waals surface area contributed by atoms with E-state index >= 15 is 0 Å². The first-order valence-electron chi connectivity index (χ1n) is 7.08. The van der Waals surface area contributed by atoms with Gasteiger partial charge in [-0.05, 0) is 38.4 Å². The Balaban J connectivity index is 2.03. The van der Waals surface area contributed by atoms with Gasteiger partial charge in [0.15, 0.2) is 0 Å². The number of nitrogens with zero attached hydrogens (tertiary/aromatic N) is 1. The van der Waals surface area contributed by atoms with E-state index in [0.717, 1.165) is 31.9 Å². The van der Waals surface area contributed by atoms with E-state index in [0.29, 0.717) is 6.04 Å². The Bertz CT molecular complexity index is 502. The van der Waals surface area contributed by atoms with Crippen LogP contribution in [0, 0.1) is 0 Å². The molecule has 0 bridgehead atoms. The van der Waals surface area contributed by atoms with E-state index in [1.54, 1.807) is 0 Å². The number of hydrogen-bond acceptors (Lipinski definition) is 2. The first-order chi connectivity index (χ1) is 9.88. The van der Waals surface area contributed by atoms with Gasteiger partial charge in [0.05, 0.1) is 17.8 Å². The molecule has 1 aliphatic heterocycles. The van der Waals surface area contributed by atoms with E-state index in [-0.39, 0.29) is 12.2 Å². The highest BCUT2D eigenvalue weighted by atomic mass is 19.4. The van der Waals surface area contributed by atoms with Crippen LogP contribution in [-0.4, -0.2) is 29.9 Å². The number of anilines is 1. The number of alkyl halides is 3. The van der Waals surface area contributed by atoms with Crippen LogP contribution in [0.5, 0.6) is 0 Å². The molecule has 0 aliphatic carbocycles. The van der Waals surface area contributed by atoms with Crippen LogP contribution >= 0.6 is 0 Å². The Hall–Kier alpha value is -1.56. The molecule has 1 fully saturated rings. The van der Waals surface area contributed by atoms with E-state index in [1.165, 1.54) is 18.2 Å². The largest absolute Gasteiger partial charge is 0.418 e. The average Bonchev–Trinajstić information content (AvgIpc) is 2.41. The van der Waals surface area contributed by atoms with E-state index < -0.39 is 17.6 Å². The summed E-state index contributed by atoms with van der Waals surface area (Å²) in [5, 5.41) is 2.38. The normalized spacial score (nSPS) is 20.3. The Labute approximate surface area is 122 Å². The molecule has 1 aliphatic rings. The van der Waals surface area contributed by atoms with Crippen LogP contribution in [0.2, 0.25) is 0 Å². The van der Waals surface area contributed by atoms with Gasteiger partial charge in [0.2, 0.25) is 5.91 Å². The van der Waals surface area contributed by atoms with Crippen molar-refractivity contribution in [1.82, 2.24) is 4.90 Å². The number of para-hydroxylation sites is 1. The van der Waals surface area contributed by atoms with Gasteiger partial charge >= 0.3 is 6.18 Å². The minimum Gasteiger partial charge on any atom is -0.324 e. The first-order valence-corrected chi connectivity index (χ1v) is 7.08. The number of carbonyl (C=O) groups excluding carboxylic acids is 1. The Morgan fingerprint density at radius 2 is 2.05 bits per heavy atom. The van der Waals surface area contributed by atoms with Crippen molar-refractivity contribution in [1.29, 1.82) is 0 Å². The van der Waals surface area contributed by atoms with Gasteiger partial charge in [0.1, 0.15) is 0 Å². The average molecular weight is 300 g/mol. The van der Waals surface area contributed by atoms with Crippen LogP contribution in [0.1, 0.15) is 31.7 Å². The number of likely N-dealkylation sites (tertiary alicyclic amines) is 1. The van der Waals surface area contributed by atoms with Crippen LogP contribution in [-0.2, 0) is 11.0 Å². The molecule has 1 atom stereocenters. The van der Waals surface area contributed by atoms with Crippen molar-refractivity contribution < 1.29 is 18.0 Å². The fourth-order valence-electron chi connectivity index (χ4n) is 2.61. The highest BCUT2D eigenvalue weighted by Crippen LogP contribution is 2.34. The lowest BCUT2D eigenvalue weighted by atomic mass is 10.0. The molecule has 0 aromatic heterocycles. The van der Waals surface area contributed by atoms with Crippen LogP contribution in [0.3, 0.4) is 0 Å². The molecule has 2 rings (SSSR count). The molecule has 1 amide bonds. The van der Waals surface area contributed by atoms with Gasteiger partial charge in [-0.1, -0.05) is 18.6 Å². The molecule has 1 saturated heterocycles. The molecular weight excluding hydrogens is 281 g/mol. The van der Waals surface area contributed by atoms with Gasteiger partial charge in [-0.2, -0.15) is 13.2 Å². The zero-order chi connectivity index (χ0) is 15.5. The number of piperidine rings is 1. The van der Waals surface area contributed by atoms with Crippen molar-refractivity contribution in [2.75, 3.05) is 18.4 Å². The van der Waals surface area contributed by atoms with Gasteiger partial charge in [-0.3, -0.25) is 9.69 Å². The molecule has 1 heterocycles. The zero-order valence-electron chi connectivity index (χ0n) is 11.9. The molecule has 6 heteroatoms. The molecule has 116 valence electrons. The van der Waals surface area contributed by atoms with Crippen molar-refractivity contribution in [3.05, 3.63) is 29.8 Å². The maximum absolute atomic E-state index is 12.9. The number of halogens is 3. The molecule has 1 N–H and O–H groups in total. The molecule has 0 unspecified atom stereocenters. The molecule has 1 aromatic carbocycles. The second-order valence-electron chi connectivity index (χ2n) is 5.41. The lowest BCUT2D eigenvalue weighted by Gasteiger charge is -2.32. The summed E-state index contributed by atoms with van der Waals surface area (Å²) in [5.74, 6) is -0.402. The third-order valence-corrected chi connectivity index (χ3v) is 3.79. The maximum Gasteiger partial charge on any atom is 0.418 e. The molecule has 0 saturated carbocycles. The number of amides is 1. The van der Waals surface area contributed by atoms with Crippen molar-refractivity contribution in [2.24, 2.45) is 0 Å². The smallest absolute Gasteiger partial charge is 0.324 e. The maximum atomic E-state index is 12.9. The van der Waals surface area contributed by atoms with Crippen LogP contribution in [0.15, 0.2) is 24.3 Å². The lowest BCUT2D eigenvalue weighted by molar-refractivity contribution is -0.137. The van der Waals surface area contributed by atoms with Crippen LogP contribution in [0.4, 0.5) is 18.9 Å². The highest BCUT2D eigenvalue weighted by Gasteiger charge is 2.33. The van der Waals surface area contributed by atoms with Gasteiger partial charge in [0.25, 0.3) is 0 Å². The van der Waals surface area contributed by atoms with Gasteiger partial charge in [-0.25, -0.2) is 0 Å². The monoisotopic (exact) mass is 300 g/mol. The predicted octanol–water partition coefficient (Wildman–Crippen LogP) is 3.52. The topological polar surface area (TPSA) is 32.3 Å². The van der Waals surface area contributed by atoms with Crippen molar-refractivity contribution in [3.8, 4) is 0 Å². The molecule has 0 spiro atoms. The Morgan fingerprint density at radius 3 is 2.71 bits per heavy atom. The van der Waals surface area contributed by atoms with E-state index in [1.807, 2.05) is 11.8 Å². The minimum absolute atomic E-state index is 0.132. The number of nitrogens with one attached hydrogen (secondary N) is 1. The summed E-state index contributed by atoms with van der Waals surface area (Å²) in [6, 6.07) is 5.33. The van der Waals surface area contributed by atoms with Gasteiger partial charge < -0.3 is 5.32 Å². The molecule has 21 heavy (non-hydrogen) atoms. The van der Waals surface area contributed by atoms with E-state index in [4.69, 9.17) is 0 Å². The summed E-state index contributed by atoms with van der Waals surface area (Å²) in [4.78, 5) is 14.0. The summed E-state index contributed by atoms with van der Waals surface area (Å²) in [6.45, 7) is 2.99. The molecule has 3 nitrogen and oxygen atoms in total. The molecular formula is C15H19F3N2O. The van der Waals surface area contributed by atoms with Crippen LogP contribution < -0.4 is 5.32 Å². The summed E-state index contributed by atoms with van der Waals surface area (Å²) in [7, 11) is 0. The highest BCUT2D eigenvalue weighted by molar-refractivity contribution is 5.93. The van der Waals surface area contributed by atoms with Crippen LogP contribution in [0.25, 0.3) is 0 Å². The van der Waals surface area contributed by atoms with Gasteiger partial charge in [-0.15, -0.1) is 0 Å². The number of benzene rings is 1. The van der Waals surface area contributed by atoms with Crippen molar-refractivity contribution in [2.45, 2.75) is 38.4 Å². The summed E-state index contributed by atoms with van der Waals surface area (Å²) >= 11 is 0. The van der Waals surface area contributed by atoms with Crippen molar-refractivity contribution in [3.63, 3.8) is 0 Å². The first kappa shape index (κ1) is 15.8. The molecule has 0 radical (unpaired) electrons. The fraction of sp³-hybridized carbons (Fsp3) is 0.533. The standard InChI is InChI=1S/C15H19F3N2O/c1-11-6-4-5-9-20(11)10-14(21)19-13-8-3-2-7-12(13)15(16,17)18/h2-3,7-8,11H,4-6,9-10H2,1H3,(H,19,21)/t11-/m1/s1. The summed E-state index contributed by atoms with van der Waals surface area (Å²) in [5.41, 5.74) is -0.996. The number of carbonyl (C=O) groups is 1.